The SMILES string of the molecule is COc1ccc2ncc(N(C)C)c([C@H](F)CCC3(C(=O)O)CCN(CCCc4cc(F)cc(F)c4F)CC3)c2c1. The van der Waals surface area contributed by atoms with Crippen LogP contribution in [0.1, 0.15) is 49.4 Å². The Morgan fingerprint density at radius 2 is 1.90 bits per heavy atom. The van der Waals surface area contributed by atoms with Gasteiger partial charge in [-0.2, -0.15) is 0 Å². The number of alkyl halides is 1. The number of ether oxygens (including phenoxy) is 1. The normalized spacial score (nSPS) is 16.2. The molecular formula is C30H35F4N3O3. The molecular weight excluding hydrogens is 526 g/mol. The molecule has 0 amide bonds. The van der Waals surface area contributed by atoms with Gasteiger partial charge in [-0.25, -0.2) is 17.6 Å². The number of likely N-dealkylation sites (tertiary alicyclic amines) is 1. The van der Waals surface area contributed by atoms with Crippen LogP contribution >= 0.6 is 0 Å². The first-order valence-corrected chi connectivity index (χ1v) is 13.4. The van der Waals surface area contributed by atoms with Crippen molar-refractivity contribution in [1.29, 1.82) is 0 Å². The number of fused-ring (bicyclic) bond motifs is 1. The Balaban J connectivity index is 1.41. The van der Waals surface area contributed by atoms with E-state index in [1.54, 1.807) is 36.4 Å². The fourth-order valence-corrected chi connectivity index (χ4v) is 5.60. The number of anilines is 1. The number of aromatic nitrogens is 1. The van der Waals surface area contributed by atoms with Crippen molar-refractivity contribution < 1.29 is 32.2 Å². The predicted molar refractivity (Wildman–Crippen MR) is 146 cm³/mol. The van der Waals surface area contributed by atoms with Crippen molar-refractivity contribution in [2.24, 2.45) is 5.41 Å². The molecule has 0 saturated carbocycles. The van der Waals surface area contributed by atoms with Crippen LogP contribution in [-0.4, -0.2) is 61.8 Å². The molecule has 4 rings (SSSR count). The van der Waals surface area contributed by atoms with Crippen molar-refractivity contribution in [2.45, 2.75) is 44.7 Å². The first kappa shape index (κ1) is 29.6. The molecule has 0 radical (unpaired) electrons. The van der Waals surface area contributed by atoms with E-state index < -0.39 is 35.0 Å². The lowest BCUT2D eigenvalue weighted by Crippen LogP contribution is -2.44. The monoisotopic (exact) mass is 561 g/mol. The van der Waals surface area contributed by atoms with E-state index in [9.17, 15) is 23.1 Å². The highest BCUT2D eigenvalue weighted by Crippen LogP contribution is 2.43. The molecule has 3 aromatic rings. The zero-order chi connectivity index (χ0) is 29.0. The summed E-state index contributed by atoms with van der Waals surface area (Å²) in [6.45, 7) is 1.51. The first-order valence-electron chi connectivity index (χ1n) is 13.4. The number of pyridine rings is 1. The van der Waals surface area contributed by atoms with Crippen LogP contribution in [0.5, 0.6) is 5.75 Å². The zero-order valence-electron chi connectivity index (χ0n) is 23.0. The van der Waals surface area contributed by atoms with Gasteiger partial charge in [0.15, 0.2) is 11.6 Å². The van der Waals surface area contributed by atoms with Gasteiger partial charge in [-0.15, -0.1) is 0 Å². The van der Waals surface area contributed by atoms with Gasteiger partial charge >= 0.3 is 5.97 Å². The van der Waals surface area contributed by atoms with E-state index in [0.29, 0.717) is 72.9 Å². The minimum Gasteiger partial charge on any atom is -0.497 e. The van der Waals surface area contributed by atoms with Gasteiger partial charge in [0, 0.05) is 31.1 Å². The van der Waals surface area contributed by atoms with E-state index in [4.69, 9.17) is 4.74 Å². The average Bonchev–Trinajstić information content (AvgIpc) is 2.93. The van der Waals surface area contributed by atoms with Crippen LogP contribution in [0, 0.1) is 22.9 Å². The minimum absolute atomic E-state index is 0.0123. The molecule has 0 unspecified atom stereocenters. The fourth-order valence-electron chi connectivity index (χ4n) is 5.60. The Labute approximate surface area is 231 Å². The van der Waals surface area contributed by atoms with E-state index in [-0.39, 0.29) is 24.8 Å². The number of carboxylic acids is 1. The molecule has 0 aliphatic carbocycles. The molecule has 2 heterocycles. The summed E-state index contributed by atoms with van der Waals surface area (Å²) < 4.78 is 62.2. The number of carbonyl (C=O) groups is 1. The largest absolute Gasteiger partial charge is 0.497 e. The van der Waals surface area contributed by atoms with Crippen molar-refractivity contribution in [3.63, 3.8) is 0 Å². The Kier molecular flexibility index (Phi) is 9.18. The van der Waals surface area contributed by atoms with Crippen LogP contribution in [0.4, 0.5) is 23.2 Å². The number of piperidine rings is 1. The highest BCUT2D eigenvalue weighted by molar-refractivity contribution is 5.88. The van der Waals surface area contributed by atoms with Gasteiger partial charge in [-0.3, -0.25) is 9.78 Å². The standard InChI is InChI=1S/C30H35F4N3O3/c1-36(2)26-18-35-25-7-6-21(40-3)17-22(25)27(26)23(32)8-9-30(29(38)39)10-13-37(14-11-30)12-4-5-19-15-20(31)16-24(33)28(19)34/h6-7,15-18,23H,4-5,8-14H2,1-3H3,(H,38,39)/t23-/m1/s1. The van der Waals surface area contributed by atoms with Gasteiger partial charge < -0.3 is 19.6 Å². The van der Waals surface area contributed by atoms with Crippen LogP contribution in [0.15, 0.2) is 36.5 Å². The van der Waals surface area contributed by atoms with Crippen LogP contribution in [0.3, 0.4) is 0 Å². The molecule has 0 bridgehead atoms. The van der Waals surface area contributed by atoms with Crippen LogP contribution < -0.4 is 9.64 Å². The molecule has 1 N–H and O–H groups in total. The summed E-state index contributed by atoms with van der Waals surface area (Å²) in [7, 11) is 5.17. The molecule has 6 nitrogen and oxygen atoms in total. The summed E-state index contributed by atoms with van der Waals surface area (Å²) in [5.74, 6) is -3.42. The third-order valence-corrected chi connectivity index (χ3v) is 8.02. The van der Waals surface area contributed by atoms with Gasteiger partial charge in [-0.1, -0.05) is 0 Å². The predicted octanol–water partition coefficient (Wildman–Crippen LogP) is 6.32. The number of aliphatic carboxylic acids is 1. The highest BCUT2D eigenvalue weighted by atomic mass is 19.2. The molecule has 1 atom stereocenters. The van der Waals surface area contributed by atoms with E-state index in [1.165, 1.54) is 0 Å². The zero-order valence-corrected chi connectivity index (χ0v) is 23.0. The van der Waals surface area contributed by atoms with Crippen molar-refractivity contribution in [3.8, 4) is 5.75 Å². The van der Waals surface area contributed by atoms with Crippen molar-refractivity contribution in [1.82, 2.24) is 9.88 Å². The maximum absolute atomic E-state index is 16.0. The number of halogens is 4. The third-order valence-electron chi connectivity index (χ3n) is 8.02. The number of aryl methyl sites for hydroxylation is 1. The maximum atomic E-state index is 16.0. The second-order valence-corrected chi connectivity index (χ2v) is 10.7. The summed E-state index contributed by atoms with van der Waals surface area (Å²) in [6, 6.07) is 6.82. The molecule has 10 heteroatoms. The number of nitrogens with zero attached hydrogens (tertiary/aromatic N) is 3. The molecule has 40 heavy (non-hydrogen) atoms. The van der Waals surface area contributed by atoms with Crippen molar-refractivity contribution >= 4 is 22.6 Å². The van der Waals surface area contributed by atoms with Crippen LogP contribution in [0.25, 0.3) is 10.9 Å². The van der Waals surface area contributed by atoms with E-state index >= 15 is 4.39 Å². The molecule has 1 aliphatic heterocycles. The van der Waals surface area contributed by atoms with Gasteiger partial charge in [-0.05, 0) is 88.0 Å². The number of methoxy groups -OCH3 is 1. The average molecular weight is 562 g/mol. The highest BCUT2D eigenvalue weighted by Gasteiger charge is 2.42. The number of rotatable bonds is 11. The molecule has 0 spiro atoms. The van der Waals surface area contributed by atoms with Crippen molar-refractivity contribution in [2.75, 3.05) is 45.7 Å². The Morgan fingerprint density at radius 1 is 1.18 bits per heavy atom. The van der Waals surface area contributed by atoms with Gasteiger partial charge in [0.1, 0.15) is 17.7 Å². The Morgan fingerprint density at radius 3 is 2.55 bits per heavy atom. The second kappa shape index (κ2) is 12.4. The maximum Gasteiger partial charge on any atom is 0.309 e. The fraction of sp³-hybridized carbons (Fsp3) is 0.467. The Bertz CT molecular complexity index is 1360. The molecule has 1 saturated heterocycles. The van der Waals surface area contributed by atoms with Gasteiger partial charge in [0.05, 0.1) is 29.9 Å². The van der Waals surface area contributed by atoms with Crippen molar-refractivity contribution in [3.05, 3.63) is 65.1 Å². The van der Waals surface area contributed by atoms with E-state index in [1.807, 2.05) is 14.1 Å². The summed E-state index contributed by atoms with van der Waals surface area (Å²) in [5, 5.41) is 10.8. The lowest BCUT2D eigenvalue weighted by atomic mass is 9.74. The third kappa shape index (κ3) is 6.32. The number of hydrogen-bond donors (Lipinski definition) is 1. The molecule has 1 aliphatic rings. The number of benzene rings is 2. The quantitative estimate of drug-likeness (QED) is 0.218. The minimum atomic E-state index is -1.41. The van der Waals surface area contributed by atoms with Crippen LogP contribution in [-0.2, 0) is 11.2 Å². The molecule has 216 valence electrons. The molecule has 1 aromatic heterocycles. The summed E-state index contributed by atoms with van der Waals surface area (Å²) in [5.41, 5.74) is 0.653. The number of carboxylic acid groups (broad SMARTS) is 1. The number of hydrogen-bond acceptors (Lipinski definition) is 5. The van der Waals surface area contributed by atoms with E-state index in [2.05, 4.69) is 9.88 Å². The topological polar surface area (TPSA) is 65.9 Å². The van der Waals surface area contributed by atoms with E-state index in [0.717, 1.165) is 6.07 Å². The lowest BCUT2D eigenvalue weighted by Gasteiger charge is -2.39. The Hall–Kier alpha value is -3.40. The van der Waals surface area contributed by atoms with Crippen LogP contribution in [0.2, 0.25) is 0 Å². The first-order chi connectivity index (χ1) is 19.0. The summed E-state index contributed by atoms with van der Waals surface area (Å²) in [6.07, 6.45) is 1.77. The van der Waals surface area contributed by atoms with Gasteiger partial charge in [0.2, 0.25) is 0 Å². The summed E-state index contributed by atoms with van der Waals surface area (Å²) >= 11 is 0. The lowest BCUT2D eigenvalue weighted by molar-refractivity contribution is -0.153. The van der Waals surface area contributed by atoms with Gasteiger partial charge in [0.25, 0.3) is 0 Å². The second-order valence-electron chi connectivity index (χ2n) is 10.7. The summed E-state index contributed by atoms with van der Waals surface area (Å²) in [4.78, 5) is 20.7. The molecule has 1 fully saturated rings. The molecule has 2 aromatic carbocycles. The smallest absolute Gasteiger partial charge is 0.309 e.